The molecule has 6 nitrogen and oxygen atoms in total. The number of rotatable bonds is 7. The zero-order chi connectivity index (χ0) is 24.2. The van der Waals surface area contributed by atoms with Gasteiger partial charge < -0.3 is 20.2 Å². The van der Waals surface area contributed by atoms with Crippen molar-refractivity contribution in [2.24, 2.45) is 5.73 Å². The van der Waals surface area contributed by atoms with Gasteiger partial charge in [0.2, 0.25) is 11.8 Å². The molecule has 1 heterocycles. The van der Waals surface area contributed by atoms with E-state index in [0.29, 0.717) is 23.6 Å². The second-order valence-corrected chi connectivity index (χ2v) is 7.97. The van der Waals surface area contributed by atoms with Crippen LogP contribution in [0.3, 0.4) is 0 Å². The van der Waals surface area contributed by atoms with Crippen LogP contribution in [0.25, 0.3) is 27.7 Å². The van der Waals surface area contributed by atoms with Gasteiger partial charge in [-0.1, -0.05) is 36.4 Å². The Morgan fingerprint density at radius 1 is 1.09 bits per heavy atom. The highest BCUT2D eigenvalue weighted by Gasteiger charge is 2.19. The number of carbonyl (C=O) groups excluding carboxylic acids is 2. The molecule has 6 heteroatoms. The molecule has 1 aromatic heterocycles. The van der Waals surface area contributed by atoms with Crippen LogP contribution in [0, 0.1) is 6.92 Å². The van der Waals surface area contributed by atoms with Gasteiger partial charge in [0.25, 0.3) is 0 Å². The number of ether oxygens (including phenoxy) is 1. The SMILES string of the molecule is CCOc1c(/C(C)=C/C(=O)Nc2cccc(C(N)=O)c2)cc2c(-c3ccccc3)coc2c1C. The lowest BCUT2D eigenvalue weighted by Gasteiger charge is -2.15. The third-order valence-electron chi connectivity index (χ3n) is 5.60. The molecule has 0 bridgehead atoms. The number of carbonyl (C=O) groups is 2. The highest BCUT2D eigenvalue weighted by molar-refractivity contribution is 6.06. The first-order chi connectivity index (χ1) is 16.4. The number of amides is 2. The molecule has 0 radical (unpaired) electrons. The molecule has 0 unspecified atom stereocenters. The smallest absolute Gasteiger partial charge is 0.248 e. The zero-order valence-electron chi connectivity index (χ0n) is 19.3. The van der Waals surface area contributed by atoms with Crippen LogP contribution in [0.5, 0.6) is 5.75 Å². The molecule has 3 N–H and O–H groups in total. The molecule has 34 heavy (non-hydrogen) atoms. The van der Waals surface area contributed by atoms with Gasteiger partial charge in [-0.3, -0.25) is 9.59 Å². The number of aryl methyl sites for hydroxylation is 1. The molecule has 0 aliphatic heterocycles. The van der Waals surface area contributed by atoms with E-state index in [1.807, 2.05) is 57.2 Å². The monoisotopic (exact) mass is 454 g/mol. The second-order valence-electron chi connectivity index (χ2n) is 7.97. The predicted octanol–water partition coefficient (Wildman–Crippen LogP) is 5.95. The first kappa shape index (κ1) is 22.9. The summed E-state index contributed by atoms with van der Waals surface area (Å²) in [5.74, 6) is -0.196. The lowest BCUT2D eigenvalue weighted by molar-refractivity contribution is -0.111. The number of hydrogen-bond donors (Lipinski definition) is 2. The lowest BCUT2D eigenvalue weighted by Crippen LogP contribution is -2.13. The molecular formula is C28H26N2O4. The number of nitrogens with one attached hydrogen (secondary N) is 1. The number of fused-ring (bicyclic) bond motifs is 1. The van der Waals surface area contributed by atoms with E-state index in [4.69, 9.17) is 14.9 Å². The van der Waals surface area contributed by atoms with Gasteiger partial charge in [-0.2, -0.15) is 0 Å². The number of hydrogen-bond acceptors (Lipinski definition) is 4. The summed E-state index contributed by atoms with van der Waals surface area (Å²) in [6, 6.07) is 18.5. The molecule has 0 fully saturated rings. The number of allylic oxidation sites excluding steroid dienone is 1. The van der Waals surface area contributed by atoms with Crippen LogP contribution in [-0.2, 0) is 4.79 Å². The fraction of sp³-hybridized carbons (Fsp3) is 0.143. The molecule has 0 spiro atoms. The summed E-state index contributed by atoms with van der Waals surface area (Å²) < 4.78 is 11.9. The minimum atomic E-state index is -0.553. The van der Waals surface area contributed by atoms with E-state index in [-0.39, 0.29) is 5.91 Å². The molecule has 0 saturated carbocycles. The highest BCUT2D eigenvalue weighted by atomic mass is 16.5. The standard InChI is InChI=1S/C28H26N2O4/c1-4-33-26-18(3)27-23(24(16-34-27)19-9-6-5-7-10-19)15-22(26)17(2)13-25(31)30-21-12-8-11-20(14-21)28(29)32/h5-16H,4H2,1-3H3,(H2,29,32)(H,30,31)/b17-13+. The number of anilines is 1. The van der Waals surface area contributed by atoms with Crippen molar-refractivity contribution in [1.82, 2.24) is 0 Å². The van der Waals surface area contributed by atoms with Crippen LogP contribution in [-0.4, -0.2) is 18.4 Å². The minimum absolute atomic E-state index is 0.324. The fourth-order valence-electron chi connectivity index (χ4n) is 3.98. The highest BCUT2D eigenvalue weighted by Crippen LogP contribution is 2.40. The van der Waals surface area contributed by atoms with Crippen molar-refractivity contribution in [2.45, 2.75) is 20.8 Å². The normalized spacial score (nSPS) is 11.4. The van der Waals surface area contributed by atoms with Gasteiger partial charge >= 0.3 is 0 Å². The van der Waals surface area contributed by atoms with Gasteiger partial charge in [0, 0.05) is 39.4 Å². The van der Waals surface area contributed by atoms with Crippen molar-refractivity contribution in [3.8, 4) is 16.9 Å². The van der Waals surface area contributed by atoms with E-state index < -0.39 is 5.91 Å². The predicted molar refractivity (Wildman–Crippen MR) is 135 cm³/mol. The molecule has 0 atom stereocenters. The van der Waals surface area contributed by atoms with Crippen molar-refractivity contribution < 1.29 is 18.7 Å². The summed E-state index contributed by atoms with van der Waals surface area (Å²) >= 11 is 0. The molecule has 4 aromatic rings. The van der Waals surface area contributed by atoms with Crippen molar-refractivity contribution in [3.05, 3.63) is 89.7 Å². The van der Waals surface area contributed by atoms with Crippen LogP contribution in [0.15, 0.2) is 77.4 Å². The van der Waals surface area contributed by atoms with Crippen LogP contribution >= 0.6 is 0 Å². The Morgan fingerprint density at radius 2 is 1.85 bits per heavy atom. The van der Waals surface area contributed by atoms with Crippen LogP contribution in [0.2, 0.25) is 0 Å². The molecule has 4 rings (SSSR count). The zero-order valence-corrected chi connectivity index (χ0v) is 19.3. The number of primary amides is 1. The first-order valence-corrected chi connectivity index (χ1v) is 11.0. The minimum Gasteiger partial charge on any atom is -0.493 e. The van der Waals surface area contributed by atoms with E-state index >= 15 is 0 Å². The van der Waals surface area contributed by atoms with Crippen LogP contribution in [0.1, 0.15) is 35.3 Å². The van der Waals surface area contributed by atoms with Crippen molar-refractivity contribution in [2.75, 3.05) is 11.9 Å². The topological polar surface area (TPSA) is 94.6 Å². The third kappa shape index (κ3) is 4.57. The first-order valence-electron chi connectivity index (χ1n) is 11.0. The number of benzene rings is 3. The molecule has 0 saturated heterocycles. The van der Waals surface area contributed by atoms with Gasteiger partial charge in [-0.05, 0) is 56.2 Å². The molecule has 3 aromatic carbocycles. The average molecular weight is 455 g/mol. The summed E-state index contributed by atoms with van der Waals surface area (Å²) in [6.07, 6.45) is 3.27. The molecule has 0 aliphatic rings. The summed E-state index contributed by atoms with van der Waals surface area (Å²) in [5, 5.41) is 3.74. The van der Waals surface area contributed by atoms with Gasteiger partial charge in [0.1, 0.15) is 11.3 Å². The summed E-state index contributed by atoms with van der Waals surface area (Å²) in [5.41, 5.74) is 11.3. The van der Waals surface area contributed by atoms with Crippen molar-refractivity contribution in [3.63, 3.8) is 0 Å². The fourth-order valence-corrected chi connectivity index (χ4v) is 3.98. The maximum atomic E-state index is 12.8. The quantitative estimate of drug-likeness (QED) is 0.338. The number of nitrogens with two attached hydrogens (primary N) is 1. The van der Waals surface area contributed by atoms with E-state index in [1.54, 1.807) is 30.5 Å². The molecular weight excluding hydrogens is 428 g/mol. The largest absolute Gasteiger partial charge is 0.493 e. The van der Waals surface area contributed by atoms with Gasteiger partial charge in [-0.15, -0.1) is 0 Å². The molecule has 2 amide bonds. The Bertz CT molecular complexity index is 1400. The van der Waals surface area contributed by atoms with Gasteiger partial charge in [-0.25, -0.2) is 0 Å². The lowest BCUT2D eigenvalue weighted by atomic mass is 9.96. The molecule has 172 valence electrons. The second kappa shape index (κ2) is 9.67. The third-order valence-corrected chi connectivity index (χ3v) is 5.60. The van der Waals surface area contributed by atoms with E-state index in [0.717, 1.165) is 38.8 Å². The summed E-state index contributed by atoms with van der Waals surface area (Å²) in [7, 11) is 0. The maximum Gasteiger partial charge on any atom is 0.248 e. The Balaban J connectivity index is 1.74. The maximum absolute atomic E-state index is 12.8. The van der Waals surface area contributed by atoms with Crippen molar-refractivity contribution in [1.29, 1.82) is 0 Å². The van der Waals surface area contributed by atoms with Gasteiger partial charge in [0.05, 0.1) is 12.9 Å². The Hall–Kier alpha value is -4.32. The van der Waals surface area contributed by atoms with E-state index in [1.165, 1.54) is 6.08 Å². The van der Waals surface area contributed by atoms with Crippen LogP contribution < -0.4 is 15.8 Å². The van der Waals surface area contributed by atoms with Crippen molar-refractivity contribution >= 4 is 34.0 Å². The average Bonchev–Trinajstić information content (AvgIpc) is 3.25. The number of furan rings is 1. The Labute approximate surface area is 198 Å². The Morgan fingerprint density at radius 3 is 2.56 bits per heavy atom. The molecule has 0 aliphatic carbocycles. The summed E-state index contributed by atoms with van der Waals surface area (Å²) in [4.78, 5) is 24.2. The van der Waals surface area contributed by atoms with Crippen LogP contribution in [0.4, 0.5) is 5.69 Å². The summed E-state index contributed by atoms with van der Waals surface area (Å²) in [6.45, 7) is 6.22. The van der Waals surface area contributed by atoms with Gasteiger partial charge in [0.15, 0.2) is 0 Å². The van der Waals surface area contributed by atoms with E-state index in [2.05, 4.69) is 5.32 Å². The Kier molecular flexibility index (Phi) is 6.50. The van der Waals surface area contributed by atoms with E-state index in [9.17, 15) is 9.59 Å².